The van der Waals surface area contributed by atoms with E-state index in [-0.39, 0.29) is 24.4 Å². The average molecular weight is 326 g/mol. The van der Waals surface area contributed by atoms with E-state index in [2.05, 4.69) is 6.08 Å². The fourth-order valence-electron chi connectivity index (χ4n) is 3.97. The molecule has 0 N–H and O–H groups in total. The van der Waals surface area contributed by atoms with Gasteiger partial charge in [0.25, 0.3) is 0 Å². The minimum absolute atomic E-state index is 0.0850. The second kappa shape index (κ2) is 5.00. The Morgan fingerprint density at radius 3 is 2.17 bits per heavy atom. The lowest BCUT2D eigenvalue weighted by Crippen LogP contribution is -2.57. The van der Waals surface area contributed by atoms with Gasteiger partial charge in [-0.3, -0.25) is 0 Å². The van der Waals surface area contributed by atoms with Crippen molar-refractivity contribution in [3.63, 3.8) is 0 Å². The Kier molecular flexibility index (Phi) is 3.48. The van der Waals surface area contributed by atoms with Crippen LogP contribution < -0.4 is 0 Å². The molecule has 130 valence electrons. The normalized spacial score (nSPS) is 47.8. The molecule has 4 aliphatic rings. The highest BCUT2D eigenvalue weighted by atomic mass is 16.8. The van der Waals surface area contributed by atoms with Gasteiger partial charge in [-0.15, -0.1) is 0 Å². The van der Waals surface area contributed by atoms with Crippen LogP contribution >= 0.6 is 0 Å². The summed E-state index contributed by atoms with van der Waals surface area (Å²) in [5.74, 6) is -1.98. The van der Waals surface area contributed by atoms with Crippen LogP contribution in [-0.4, -0.2) is 55.0 Å². The first kappa shape index (κ1) is 16.0. The van der Waals surface area contributed by atoms with Crippen molar-refractivity contribution >= 4 is 0 Å². The lowest BCUT2D eigenvalue weighted by molar-refractivity contribution is -0.290. The maximum absolute atomic E-state index is 6.38. The summed E-state index contributed by atoms with van der Waals surface area (Å²) < 4.78 is 36.3. The molecule has 0 radical (unpaired) electrons. The Labute approximate surface area is 137 Å². The monoisotopic (exact) mass is 326 g/mol. The van der Waals surface area contributed by atoms with Crippen molar-refractivity contribution < 1.29 is 28.4 Å². The fourth-order valence-corrected chi connectivity index (χ4v) is 3.97. The van der Waals surface area contributed by atoms with Crippen molar-refractivity contribution in [3.05, 3.63) is 11.6 Å². The second-order valence-electron chi connectivity index (χ2n) is 7.88. The molecule has 0 amide bonds. The van der Waals surface area contributed by atoms with Crippen LogP contribution in [0.3, 0.4) is 0 Å². The van der Waals surface area contributed by atoms with Crippen molar-refractivity contribution in [2.45, 2.75) is 82.8 Å². The number of ether oxygens (including phenoxy) is 6. The molecule has 4 aliphatic heterocycles. The molecule has 0 aromatic rings. The summed E-state index contributed by atoms with van der Waals surface area (Å²) in [5, 5.41) is 0. The number of rotatable bonds is 1. The summed E-state index contributed by atoms with van der Waals surface area (Å²) >= 11 is 0. The van der Waals surface area contributed by atoms with Gasteiger partial charge in [0.1, 0.15) is 18.3 Å². The highest BCUT2D eigenvalue weighted by Crippen LogP contribution is 2.46. The van der Waals surface area contributed by atoms with Crippen LogP contribution in [0.4, 0.5) is 0 Å². The van der Waals surface area contributed by atoms with Gasteiger partial charge in [-0.2, -0.15) is 0 Å². The van der Waals surface area contributed by atoms with Crippen LogP contribution in [0, 0.1) is 0 Å². The Bertz CT molecular complexity index is 527. The summed E-state index contributed by atoms with van der Waals surface area (Å²) in [4.78, 5) is 0. The van der Waals surface area contributed by atoms with E-state index in [1.807, 2.05) is 34.6 Å². The van der Waals surface area contributed by atoms with E-state index in [0.29, 0.717) is 19.6 Å². The van der Waals surface area contributed by atoms with Gasteiger partial charge in [0.15, 0.2) is 17.4 Å². The van der Waals surface area contributed by atoms with E-state index in [1.54, 1.807) is 0 Å². The van der Waals surface area contributed by atoms with Gasteiger partial charge in [0.05, 0.1) is 19.3 Å². The number of fused-ring (bicyclic) bond motifs is 1. The molecular weight excluding hydrogens is 300 g/mol. The Morgan fingerprint density at radius 1 is 0.870 bits per heavy atom. The molecule has 0 bridgehead atoms. The maximum atomic E-state index is 6.38. The summed E-state index contributed by atoms with van der Waals surface area (Å²) in [6.45, 7) is 10.8. The predicted molar refractivity (Wildman–Crippen MR) is 80.7 cm³/mol. The Hall–Kier alpha value is -0.500. The van der Waals surface area contributed by atoms with E-state index in [9.17, 15) is 0 Å². The summed E-state index contributed by atoms with van der Waals surface area (Å²) in [6.07, 6.45) is 1.93. The second-order valence-corrected chi connectivity index (χ2v) is 7.88. The van der Waals surface area contributed by atoms with Gasteiger partial charge in [-0.25, -0.2) is 0 Å². The number of hydrogen-bond acceptors (Lipinski definition) is 6. The maximum Gasteiger partial charge on any atom is 0.191 e. The minimum atomic E-state index is -0.740. The molecule has 6 heteroatoms. The Balaban J connectivity index is 1.62. The van der Waals surface area contributed by atoms with Gasteiger partial charge in [0, 0.05) is 6.42 Å². The van der Waals surface area contributed by atoms with Crippen molar-refractivity contribution in [2.24, 2.45) is 0 Å². The molecule has 0 aromatic carbocycles. The van der Waals surface area contributed by atoms with Gasteiger partial charge < -0.3 is 28.4 Å². The highest BCUT2D eigenvalue weighted by Gasteiger charge is 2.59. The molecule has 6 nitrogen and oxygen atoms in total. The molecule has 4 heterocycles. The van der Waals surface area contributed by atoms with Gasteiger partial charge in [-0.1, -0.05) is 0 Å². The standard InChI is InChI=1S/C17H26O6/c1-10-6-17(19-8-10)7-11-13(22-16(4,5)20-11)14(23-17)12-9-18-15(2,3)21-12/h6,11-14H,7-9H2,1-5H3/t11-,12-,13-,14-,17+/m1/s1. The zero-order valence-corrected chi connectivity index (χ0v) is 14.5. The molecule has 0 aromatic heterocycles. The largest absolute Gasteiger partial charge is 0.348 e. The molecule has 0 unspecified atom stereocenters. The highest BCUT2D eigenvalue weighted by molar-refractivity contribution is 5.16. The molecule has 3 fully saturated rings. The molecule has 23 heavy (non-hydrogen) atoms. The number of hydrogen-bond donors (Lipinski definition) is 0. The van der Waals surface area contributed by atoms with E-state index >= 15 is 0 Å². The summed E-state index contributed by atoms with van der Waals surface area (Å²) in [7, 11) is 0. The average Bonchev–Trinajstić information content (AvgIpc) is 3.04. The van der Waals surface area contributed by atoms with E-state index in [1.165, 1.54) is 5.57 Å². The first-order chi connectivity index (χ1) is 10.7. The molecule has 5 atom stereocenters. The molecular formula is C17H26O6. The van der Waals surface area contributed by atoms with Gasteiger partial charge in [0.2, 0.25) is 0 Å². The predicted octanol–water partition coefficient (Wildman–Crippen LogP) is 2.12. The fraction of sp³-hybridized carbons (Fsp3) is 0.882. The minimum Gasteiger partial charge on any atom is -0.348 e. The van der Waals surface area contributed by atoms with Crippen LogP contribution in [-0.2, 0) is 28.4 Å². The third-order valence-electron chi connectivity index (χ3n) is 4.77. The van der Waals surface area contributed by atoms with Gasteiger partial charge in [-0.05, 0) is 46.3 Å². The van der Waals surface area contributed by atoms with Gasteiger partial charge >= 0.3 is 0 Å². The quantitative estimate of drug-likeness (QED) is 0.688. The Morgan fingerprint density at radius 2 is 1.57 bits per heavy atom. The zero-order valence-electron chi connectivity index (χ0n) is 14.5. The summed E-state index contributed by atoms with van der Waals surface area (Å²) in [5.41, 5.74) is 1.17. The SMILES string of the molecule is CC1=C[C@]2(C[C@H]3OC(C)(C)O[C@H]3[C@@H]([C@H]3COC(C)(C)O3)O2)OC1. The van der Waals surface area contributed by atoms with E-state index in [0.717, 1.165) is 0 Å². The molecule has 0 aliphatic carbocycles. The molecule has 4 rings (SSSR count). The smallest absolute Gasteiger partial charge is 0.191 e. The first-order valence-electron chi connectivity index (χ1n) is 8.35. The molecule has 3 saturated heterocycles. The third kappa shape index (κ3) is 2.86. The van der Waals surface area contributed by atoms with Crippen molar-refractivity contribution in [2.75, 3.05) is 13.2 Å². The van der Waals surface area contributed by atoms with Crippen LogP contribution in [0.5, 0.6) is 0 Å². The van der Waals surface area contributed by atoms with Crippen molar-refractivity contribution in [1.29, 1.82) is 0 Å². The zero-order chi connectivity index (χ0) is 16.5. The molecule has 1 spiro atoms. The summed E-state index contributed by atoms with van der Waals surface area (Å²) in [6, 6.07) is 0. The van der Waals surface area contributed by atoms with Crippen molar-refractivity contribution in [3.8, 4) is 0 Å². The third-order valence-corrected chi connectivity index (χ3v) is 4.77. The van der Waals surface area contributed by atoms with E-state index < -0.39 is 17.4 Å². The van der Waals surface area contributed by atoms with E-state index in [4.69, 9.17) is 28.4 Å². The van der Waals surface area contributed by atoms with Crippen LogP contribution in [0.15, 0.2) is 11.6 Å². The lowest BCUT2D eigenvalue weighted by atomic mass is 9.92. The topological polar surface area (TPSA) is 55.4 Å². The van der Waals surface area contributed by atoms with Crippen LogP contribution in [0.25, 0.3) is 0 Å². The van der Waals surface area contributed by atoms with Crippen LogP contribution in [0.1, 0.15) is 41.0 Å². The van der Waals surface area contributed by atoms with Crippen molar-refractivity contribution in [1.82, 2.24) is 0 Å². The first-order valence-corrected chi connectivity index (χ1v) is 8.35. The molecule has 0 saturated carbocycles. The lowest BCUT2D eigenvalue weighted by Gasteiger charge is -2.43. The van der Waals surface area contributed by atoms with Crippen LogP contribution in [0.2, 0.25) is 0 Å².